The Bertz CT molecular complexity index is 730. The molecule has 0 saturated heterocycles. The van der Waals surface area contributed by atoms with Gasteiger partial charge in [-0.15, -0.1) is 5.10 Å². The summed E-state index contributed by atoms with van der Waals surface area (Å²) >= 11 is 0. The van der Waals surface area contributed by atoms with Gasteiger partial charge in [0, 0.05) is 5.56 Å². The van der Waals surface area contributed by atoms with Crippen molar-refractivity contribution >= 4 is 15.8 Å². The minimum absolute atomic E-state index is 0.0805. The molecule has 0 radical (unpaired) electrons. The molecule has 0 fully saturated rings. The number of rotatable bonds is 2. The molecule has 1 aromatic rings. The van der Waals surface area contributed by atoms with Crippen LogP contribution < -0.4 is 11.2 Å². The van der Waals surface area contributed by atoms with Gasteiger partial charge in [0.25, 0.3) is 10.1 Å². The summed E-state index contributed by atoms with van der Waals surface area (Å²) < 4.78 is 57.6. The Morgan fingerprint density at radius 1 is 1.45 bits per heavy atom. The monoisotopic (exact) mass is 304 g/mol. The molecule has 4 N–H and O–H groups in total. The van der Waals surface area contributed by atoms with Crippen LogP contribution in [0.1, 0.15) is 11.1 Å². The van der Waals surface area contributed by atoms with Crippen molar-refractivity contribution in [2.75, 3.05) is 0 Å². The lowest BCUT2D eigenvalue weighted by Crippen LogP contribution is -2.35. The van der Waals surface area contributed by atoms with Crippen molar-refractivity contribution in [3.8, 4) is 0 Å². The first-order chi connectivity index (χ1) is 9.20. The summed E-state index contributed by atoms with van der Waals surface area (Å²) in [4.78, 5) is -0.432. The maximum atomic E-state index is 13.3. The standard InChI is InChI=1S/C10H10F2N4O3S/c1-5-2-3-6(20(17,18)19)4-7(5)9-8(13)10(11)15-16(12)14-9/h2-4,15H,13H2,1H3,(H,17,18,19). The van der Waals surface area contributed by atoms with E-state index in [4.69, 9.17) is 10.3 Å². The van der Waals surface area contributed by atoms with Crippen LogP contribution in [0.15, 0.2) is 39.8 Å². The summed E-state index contributed by atoms with van der Waals surface area (Å²) in [6.07, 6.45) is 0. The summed E-state index contributed by atoms with van der Waals surface area (Å²) in [5, 5.41) is 2.95. The molecular weight excluding hydrogens is 294 g/mol. The van der Waals surface area contributed by atoms with Crippen LogP contribution in [-0.4, -0.2) is 24.0 Å². The molecule has 20 heavy (non-hydrogen) atoms. The van der Waals surface area contributed by atoms with Crippen molar-refractivity contribution in [1.29, 1.82) is 0 Å². The average molecular weight is 304 g/mol. The number of hydrazone groups is 1. The number of allylic oxidation sites excluding steroid dienone is 1. The molecule has 108 valence electrons. The minimum atomic E-state index is -4.45. The quantitative estimate of drug-likeness (QED) is 0.423. The summed E-state index contributed by atoms with van der Waals surface area (Å²) in [5.74, 6) is -1.16. The van der Waals surface area contributed by atoms with Crippen LogP contribution in [0.3, 0.4) is 0 Å². The van der Waals surface area contributed by atoms with Crippen molar-refractivity contribution < 1.29 is 21.8 Å². The zero-order chi connectivity index (χ0) is 15.1. The highest BCUT2D eigenvalue weighted by Gasteiger charge is 2.23. The third-order valence-corrected chi connectivity index (χ3v) is 3.48. The largest absolute Gasteiger partial charge is 0.393 e. The van der Waals surface area contributed by atoms with Crippen LogP contribution in [0.4, 0.5) is 8.87 Å². The molecule has 0 amide bonds. The van der Waals surface area contributed by atoms with Crippen molar-refractivity contribution in [2.24, 2.45) is 10.8 Å². The average Bonchev–Trinajstić information content (AvgIpc) is 2.33. The van der Waals surface area contributed by atoms with Crippen LogP contribution in [0.2, 0.25) is 0 Å². The molecule has 0 saturated carbocycles. The van der Waals surface area contributed by atoms with Crippen molar-refractivity contribution in [2.45, 2.75) is 11.8 Å². The third kappa shape index (κ3) is 2.56. The van der Waals surface area contributed by atoms with Crippen LogP contribution in [0.5, 0.6) is 0 Å². The van der Waals surface area contributed by atoms with Crippen molar-refractivity contribution in [1.82, 2.24) is 10.8 Å². The molecule has 0 aromatic heterocycles. The van der Waals surface area contributed by atoms with Gasteiger partial charge in [-0.05, 0) is 30.0 Å². The van der Waals surface area contributed by atoms with E-state index in [1.165, 1.54) is 6.07 Å². The normalized spacial score (nSPS) is 16.0. The Kier molecular flexibility index (Phi) is 3.36. The molecule has 0 aliphatic carbocycles. The topological polar surface area (TPSA) is 108 Å². The Labute approximate surface area is 113 Å². The predicted molar refractivity (Wildman–Crippen MR) is 65.9 cm³/mol. The summed E-state index contributed by atoms with van der Waals surface area (Å²) in [6, 6.07) is 3.54. The van der Waals surface area contributed by atoms with Gasteiger partial charge in [-0.3, -0.25) is 4.55 Å². The maximum Gasteiger partial charge on any atom is 0.294 e. The fourth-order valence-corrected chi connectivity index (χ4v) is 2.13. The predicted octanol–water partition coefficient (Wildman–Crippen LogP) is 0.748. The SMILES string of the molecule is Cc1ccc(S(=O)(=O)O)cc1C1=NN(F)NC(F)=C1N. The number of nitrogens with one attached hydrogen (secondary N) is 1. The molecule has 0 atom stereocenters. The van der Waals surface area contributed by atoms with Gasteiger partial charge in [-0.2, -0.15) is 12.8 Å². The molecule has 10 heteroatoms. The van der Waals surface area contributed by atoms with Gasteiger partial charge in [0.1, 0.15) is 11.4 Å². The van der Waals surface area contributed by atoms with E-state index in [0.717, 1.165) is 12.1 Å². The smallest absolute Gasteiger partial charge is 0.294 e. The molecule has 1 aliphatic rings. The highest BCUT2D eigenvalue weighted by molar-refractivity contribution is 7.85. The summed E-state index contributed by atoms with van der Waals surface area (Å²) in [7, 11) is -4.45. The number of hydrazine groups is 1. The number of benzene rings is 1. The lowest BCUT2D eigenvalue weighted by atomic mass is 10.0. The van der Waals surface area contributed by atoms with Crippen molar-refractivity contribution in [3.05, 3.63) is 41.0 Å². The Morgan fingerprint density at radius 2 is 2.10 bits per heavy atom. The first-order valence-corrected chi connectivity index (χ1v) is 6.69. The van der Waals surface area contributed by atoms with E-state index in [1.54, 1.807) is 12.3 Å². The van der Waals surface area contributed by atoms with E-state index in [0.29, 0.717) is 5.56 Å². The van der Waals surface area contributed by atoms with E-state index in [-0.39, 0.29) is 16.6 Å². The highest BCUT2D eigenvalue weighted by Crippen LogP contribution is 2.21. The number of halogens is 2. The lowest BCUT2D eigenvalue weighted by molar-refractivity contribution is -0.0283. The van der Waals surface area contributed by atoms with Gasteiger partial charge in [0.15, 0.2) is 0 Å². The van der Waals surface area contributed by atoms with Crippen LogP contribution in [0.25, 0.3) is 0 Å². The second kappa shape index (κ2) is 4.72. The zero-order valence-corrected chi connectivity index (χ0v) is 10.9. The first-order valence-electron chi connectivity index (χ1n) is 5.25. The molecule has 1 aliphatic heterocycles. The molecule has 7 nitrogen and oxygen atoms in total. The second-order valence-corrected chi connectivity index (χ2v) is 5.42. The molecule has 0 unspecified atom stereocenters. The van der Waals surface area contributed by atoms with Crippen LogP contribution in [0, 0.1) is 6.92 Å². The van der Waals surface area contributed by atoms with Gasteiger partial charge < -0.3 is 5.73 Å². The number of hydrogen-bond acceptors (Lipinski definition) is 6. The summed E-state index contributed by atoms with van der Waals surface area (Å²) in [6.45, 7) is 1.57. The number of hydrogen-bond donors (Lipinski definition) is 3. The number of nitrogens with two attached hydrogens (primary N) is 1. The Hall–Kier alpha value is -2.20. The van der Waals surface area contributed by atoms with E-state index in [2.05, 4.69) is 5.10 Å². The second-order valence-electron chi connectivity index (χ2n) is 4.00. The lowest BCUT2D eigenvalue weighted by Gasteiger charge is -2.19. The zero-order valence-electron chi connectivity index (χ0n) is 10.1. The van der Waals surface area contributed by atoms with E-state index in [1.807, 2.05) is 0 Å². The molecular formula is C10H10F2N4O3S. The molecule has 1 heterocycles. The van der Waals surface area contributed by atoms with Gasteiger partial charge in [-0.1, -0.05) is 10.5 Å². The first kappa shape index (κ1) is 14.2. The molecule has 2 rings (SSSR count). The van der Waals surface area contributed by atoms with Gasteiger partial charge >= 0.3 is 0 Å². The third-order valence-electron chi connectivity index (χ3n) is 2.63. The van der Waals surface area contributed by atoms with E-state index in [9.17, 15) is 17.3 Å². The van der Waals surface area contributed by atoms with Crippen LogP contribution in [-0.2, 0) is 10.1 Å². The number of nitrogens with zero attached hydrogens (tertiary/aromatic N) is 2. The fourth-order valence-electron chi connectivity index (χ4n) is 1.63. The highest BCUT2D eigenvalue weighted by atomic mass is 32.2. The molecule has 1 aromatic carbocycles. The number of aryl methyl sites for hydroxylation is 1. The van der Waals surface area contributed by atoms with Crippen molar-refractivity contribution in [3.63, 3.8) is 0 Å². The maximum absolute atomic E-state index is 13.3. The molecule has 0 spiro atoms. The van der Waals surface area contributed by atoms with Gasteiger partial charge in [0.05, 0.1) is 4.90 Å². The van der Waals surface area contributed by atoms with E-state index < -0.39 is 26.7 Å². The van der Waals surface area contributed by atoms with Gasteiger partial charge in [-0.25, -0.2) is 5.43 Å². The van der Waals surface area contributed by atoms with E-state index >= 15 is 0 Å². The fraction of sp³-hybridized carbons (Fsp3) is 0.100. The molecule has 0 bridgehead atoms. The van der Waals surface area contributed by atoms with Crippen LogP contribution >= 0.6 is 0 Å². The minimum Gasteiger partial charge on any atom is -0.393 e. The Balaban J connectivity index is 2.64. The Morgan fingerprint density at radius 3 is 2.70 bits per heavy atom. The summed E-state index contributed by atoms with van der Waals surface area (Å²) in [5.41, 5.74) is 6.84. The van der Waals surface area contributed by atoms with Gasteiger partial charge in [0.2, 0.25) is 5.95 Å².